The van der Waals surface area contributed by atoms with E-state index in [0.717, 1.165) is 27.1 Å². The van der Waals surface area contributed by atoms with E-state index in [9.17, 15) is 14.7 Å². The Morgan fingerprint density at radius 1 is 1.00 bits per heavy atom. The molecule has 3 aromatic carbocycles. The van der Waals surface area contributed by atoms with Crippen LogP contribution in [-0.2, 0) is 20.7 Å². The van der Waals surface area contributed by atoms with Gasteiger partial charge >= 0.3 is 5.97 Å². The molecule has 0 saturated carbocycles. The third-order valence-corrected chi connectivity index (χ3v) is 5.09. The van der Waals surface area contributed by atoms with Gasteiger partial charge in [0.05, 0.1) is 7.11 Å². The molecule has 0 fully saturated rings. The molecular weight excluding hydrogens is 366 g/mol. The lowest BCUT2D eigenvalue weighted by molar-refractivity contribution is -0.146. The second kappa shape index (κ2) is 9.05. The Morgan fingerprint density at radius 3 is 2.07 bits per heavy atom. The van der Waals surface area contributed by atoms with E-state index < -0.39 is 24.0 Å². The number of fused-ring (bicyclic) bond motifs is 2. The fourth-order valence-corrected chi connectivity index (χ4v) is 3.69. The zero-order chi connectivity index (χ0) is 21.0. The van der Waals surface area contributed by atoms with Crippen molar-refractivity contribution in [2.45, 2.75) is 38.8 Å². The predicted molar refractivity (Wildman–Crippen MR) is 115 cm³/mol. The monoisotopic (exact) mass is 393 g/mol. The van der Waals surface area contributed by atoms with Crippen LogP contribution in [0.15, 0.2) is 54.6 Å². The molecule has 1 amide bonds. The van der Waals surface area contributed by atoms with E-state index >= 15 is 0 Å². The van der Waals surface area contributed by atoms with E-state index in [4.69, 9.17) is 4.74 Å². The fourth-order valence-electron chi connectivity index (χ4n) is 3.69. The van der Waals surface area contributed by atoms with E-state index in [1.54, 1.807) is 0 Å². The van der Waals surface area contributed by atoms with E-state index in [0.29, 0.717) is 6.42 Å². The number of hydrogen-bond donors (Lipinski definition) is 2. The minimum absolute atomic E-state index is 0.161. The van der Waals surface area contributed by atoms with Gasteiger partial charge < -0.3 is 15.2 Å². The van der Waals surface area contributed by atoms with Gasteiger partial charge in [-0.05, 0) is 45.5 Å². The first-order valence-corrected chi connectivity index (χ1v) is 9.86. The number of ether oxygens (including phenoxy) is 1. The van der Waals surface area contributed by atoms with E-state index in [1.807, 2.05) is 62.4 Å². The largest absolute Gasteiger partial charge is 0.467 e. The van der Waals surface area contributed by atoms with Gasteiger partial charge in [0, 0.05) is 6.42 Å². The minimum Gasteiger partial charge on any atom is -0.467 e. The van der Waals surface area contributed by atoms with E-state index in [-0.39, 0.29) is 12.3 Å². The summed E-state index contributed by atoms with van der Waals surface area (Å²) in [6.45, 7) is 3.85. The summed E-state index contributed by atoms with van der Waals surface area (Å²) < 4.78 is 4.94. The molecule has 2 atom stereocenters. The van der Waals surface area contributed by atoms with Crippen LogP contribution in [-0.4, -0.2) is 36.2 Å². The molecule has 0 saturated heterocycles. The minimum atomic E-state index is -1.16. The van der Waals surface area contributed by atoms with Crippen LogP contribution in [0.1, 0.15) is 25.8 Å². The lowest BCUT2D eigenvalue weighted by Crippen LogP contribution is -2.47. The zero-order valence-corrected chi connectivity index (χ0v) is 17.0. The highest BCUT2D eigenvalue weighted by Gasteiger charge is 2.27. The first kappa shape index (κ1) is 20.8. The van der Waals surface area contributed by atoms with Gasteiger partial charge in [0.25, 0.3) is 0 Å². The van der Waals surface area contributed by atoms with Gasteiger partial charge in [-0.25, -0.2) is 4.79 Å². The molecule has 3 rings (SSSR count). The molecule has 5 nitrogen and oxygen atoms in total. The van der Waals surface area contributed by atoms with Crippen molar-refractivity contribution in [1.82, 2.24) is 5.32 Å². The van der Waals surface area contributed by atoms with Gasteiger partial charge in [-0.15, -0.1) is 0 Å². The number of hydrogen-bond acceptors (Lipinski definition) is 4. The van der Waals surface area contributed by atoms with Crippen LogP contribution in [0, 0.1) is 5.92 Å². The number of esters is 1. The van der Waals surface area contributed by atoms with Crippen LogP contribution < -0.4 is 5.32 Å². The summed E-state index contributed by atoms with van der Waals surface area (Å²) in [6.07, 6.45) is -0.558. The lowest BCUT2D eigenvalue weighted by atomic mass is 9.92. The molecule has 0 aromatic heterocycles. The maximum atomic E-state index is 12.5. The summed E-state index contributed by atoms with van der Waals surface area (Å²) in [5, 5.41) is 17.0. The van der Waals surface area contributed by atoms with Crippen LogP contribution in [0.3, 0.4) is 0 Å². The van der Waals surface area contributed by atoms with Crippen LogP contribution in [0.4, 0.5) is 0 Å². The van der Waals surface area contributed by atoms with Gasteiger partial charge in [0.2, 0.25) is 5.91 Å². The highest BCUT2D eigenvalue weighted by atomic mass is 16.5. The summed E-state index contributed by atoms with van der Waals surface area (Å²) >= 11 is 0. The molecule has 0 aliphatic rings. The average Bonchev–Trinajstić information content (AvgIpc) is 2.71. The third kappa shape index (κ3) is 4.74. The van der Waals surface area contributed by atoms with Crippen molar-refractivity contribution in [3.63, 3.8) is 0 Å². The Labute approximate surface area is 170 Å². The molecule has 0 aliphatic carbocycles. The molecule has 5 heteroatoms. The highest BCUT2D eigenvalue weighted by molar-refractivity contribution is 6.02. The summed E-state index contributed by atoms with van der Waals surface area (Å²) in [7, 11) is 1.30. The lowest BCUT2D eigenvalue weighted by Gasteiger charge is -2.21. The van der Waals surface area contributed by atoms with E-state index in [1.165, 1.54) is 7.11 Å². The van der Waals surface area contributed by atoms with Crippen molar-refractivity contribution < 1.29 is 19.4 Å². The molecule has 0 spiro atoms. The number of methoxy groups -OCH3 is 1. The summed E-state index contributed by atoms with van der Waals surface area (Å²) in [5.74, 6) is -0.930. The molecule has 3 aromatic rings. The Kier molecular flexibility index (Phi) is 6.49. The number of benzene rings is 3. The second-order valence-electron chi connectivity index (χ2n) is 7.73. The molecule has 0 unspecified atom stereocenters. The first-order chi connectivity index (χ1) is 13.9. The quantitative estimate of drug-likeness (QED) is 0.475. The number of carbonyl (C=O) groups excluding carboxylic acids is 2. The average molecular weight is 393 g/mol. The van der Waals surface area contributed by atoms with Crippen LogP contribution >= 0.6 is 0 Å². The molecule has 0 heterocycles. The van der Waals surface area contributed by atoms with Gasteiger partial charge in [0.1, 0.15) is 12.1 Å². The Morgan fingerprint density at radius 2 is 1.55 bits per heavy atom. The molecule has 0 aliphatic heterocycles. The maximum Gasteiger partial charge on any atom is 0.328 e. The zero-order valence-electron chi connectivity index (χ0n) is 17.0. The van der Waals surface area contributed by atoms with Crippen LogP contribution in [0.25, 0.3) is 21.5 Å². The van der Waals surface area contributed by atoms with Crippen molar-refractivity contribution >= 4 is 33.4 Å². The SMILES string of the molecule is COC(=O)[C@@H](Cc1c2ccccc2cc2ccccc12)NC(=O)[C@@H](O)CC(C)C. The van der Waals surface area contributed by atoms with Crippen molar-refractivity contribution in [2.24, 2.45) is 5.92 Å². The molecule has 0 radical (unpaired) electrons. The van der Waals surface area contributed by atoms with Crippen molar-refractivity contribution in [3.05, 3.63) is 60.2 Å². The smallest absolute Gasteiger partial charge is 0.328 e. The number of aliphatic hydroxyl groups is 1. The number of rotatable bonds is 7. The number of nitrogens with one attached hydrogen (secondary N) is 1. The van der Waals surface area contributed by atoms with E-state index in [2.05, 4.69) is 11.4 Å². The topological polar surface area (TPSA) is 75.6 Å². The van der Waals surface area contributed by atoms with Gasteiger partial charge in [-0.1, -0.05) is 62.4 Å². The van der Waals surface area contributed by atoms with Crippen molar-refractivity contribution in [1.29, 1.82) is 0 Å². The van der Waals surface area contributed by atoms with Crippen LogP contribution in [0.2, 0.25) is 0 Å². The molecule has 29 heavy (non-hydrogen) atoms. The fraction of sp³-hybridized carbons (Fsp3) is 0.333. The molecular formula is C24H27NO4. The second-order valence-corrected chi connectivity index (χ2v) is 7.73. The first-order valence-electron chi connectivity index (χ1n) is 9.86. The standard InChI is InChI=1S/C24H27NO4/c1-15(2)12-22(26)23(27)25-21(24(28)29-3)14-20-18-10-6-4-8-16(18)13-17-9-5-7-11-19(17)20/h4-11,13,15,21-22,26H,12,14H2,1-3H3,(H,25,27)/t21-,22+/m1/s1. The van der Waals surface area contributed by atoms with Crippen molar-refractivity contribution in [3.8, 4) is 0 Å². The molecule has 152 valence electrons. The number of aliphatic hydroxyl groups excluding tert-OH is 1. The normalized spacial score (nSPS) is 13.4. The summed E-state index contributed by atoms with van der Waals surface area (Å²) in [6, 6.07) is 17.2. The maximum absolute atomic E-state index is 12.5. The van der Waals surface area contributed by atoms with Crippen LogP contribution in [0.5, 0.6) is 0 Å². The Hall–Kier alpha value is -2.92. The Bertz CT molecular complexity index is 974. The van der Waals surface area contributed by atoms with Gasteiger partial charge in [-0.3, -0.25) is 4.79 Å². The summed E-state index contributed by atoms with van der Waals surface area (Å²) in [4.78, 5) is 24.9. The third-order valence-electron chi connectivity index (χ3n) is 5.09. The van der Waals surface area contributed by atoms with Gasteiger partial charge in [-0.2, -0.15) is 0 Å². The van der Waals surface area contributed by atoms with Gasteiger partial charge in [0.15, 0.2) is 0 Å². The molecule has 0 bridgehead atoms. The summed E-state index contributed by atoms with van der Waals surface area (Å²) in [5.41, 5.74) is 0.966. The highest BCUT2D eigenvalue weighted by Crippen LogP contribution is 2.29. The molecule has 2 N–H and O–H groups in total. The number of carbonyl (C=O) groups is 2. The Balaban J connectivity index is 2.00. The van der Waals surface area contributed by atoms with Crippen molar-refractivity contribution in [2.75, 3.05) is 7.11 Å². The number of amides is 1. The predicted octanol–water partition coefficient (Wildman–Crippen LogP) is 3.60.